The highest BCUT2D eigenvalue weighted by Crippen LogP contribution is 2.27. The standard InChI is InChI=1S/C11H16N2/c1-9-7-12-10-5-3-4-6-11(10)13(2)8-9/h3-6,9,12H,7-8H2,1-2H3/t9-/m0/s1. The molecular formula is C11H16N2. The number of benzene rings is 1. The van der Waals surface area contributed by atoms with Gasteiger partial charge >= 0.3 is 0 Å². The second kappa shape index (κ2) is 3.29. The van der Waals surface area contributed by atoms with Gasteiger partial charge in [0.15, 0.2) is 0 Å². The Labute approximate surface area is 79.6 Å². The molecule has 0 amide bonds. The molecule has 1 atom stereocenters. The molecule has 0 bridgehead atoms. The lowest BCUT2D eigenvalue weighted by molar-refractivity contribution is 0.618. The van der Waals surface area contributed by atoms with Gasteiger partial charge in [0, 0.05) is 20.1 Å². The van der Waals surface area contributed by atoms with Gasteiger partial charge < -0.3 is 10.2 Å². The predicted molar refractivity (Wildman–Crippen MR) is 57.4 cm³/mol. The average molecular weight is 176 g/mol. The zero-order chi connectivity index (χ0) is 9.26. The van der Waals surface area contributed by atoms with E-state index in [2.05, 4.69) is 48.5 Å². The van der Waals surface area contributed by atoms with E-state index in [9.17, 15) is 0 Å². The first-order valence-electron chi connectivity index (χ1n) is 4.81. The van der Waals surface area contributed by atoms with Crippen LogP contribution in [-0.4, -0.2) is 20.1 Å². The molecule has 2 heteroatoms. The number of para-hydroxylation sites is 2. The van der Waals surface area contributed by atoms with Crippen LogP contribution in [0.3, 0.4) is 0 Å². The molecule has 0 fully saturated rings. The van der Waals surface area contributed by atoms with E-state index >= 15 is 0 Å². The third-order valence-corrected chi connectivity index (χ3v) is 2.54. The maximum Gasteiger partial charge on any atom is 0.0599 e. The van der Waals surface area contributed by atoms with Crippen LogP contribution in [-0.2, 0) is 0 Å². The fourth-order valence-electron chi connectivity index (χ4n) is 1.87. The van der Waals surface area contributed by atoms with Gasteiger partial charge in [0.25, 0.3) is 0 Å². The summed E-state index contributed by atoms with van der Waals surface area (Å²) in [5.41, 5.74) is 2.57. The minimum Gasteiger partial charge on any atom is -0.383 e. The molecule has 2 nitrogen and oxygen atoms in total. The minimum absolute atomic E-state index is 0.706. The molecule has 1 heterocycles. The Morgan fingerprint density at radius 3 is 3.00 bits per heavy atom. The Hall–Kier alpha value is -1.18. The van der Waals surface area contributed by atoms with Crippen molar-refractivity contribution in [2.75, 3.05) is 30.4 Å². The number of fused-ring (bicyclic) bond motifs is 1. The molecule has 0 saturated carbocycles. The largest absolute Gasteiger partial charge is 0.383 e. The zero-order valence-electron chi connectivity index (χ0n) is 8.25. The highest BCUT2D eigenvalue weighted by Gasteiger charge is 2.14. The molecule has 2 rings (SSSR count). The van der Waals surface area contributed by atoms with Crippen LogP contribution in [0.2, 0.25) is 0 Å². The highest BCUT2D eigenvalue weighted by atomic mass is 15.1. The molecule has 1 N–H and O–H groups in total. The van der Waals surface area contributed by atoms with Crippen molar-refractivity contribution in [1.82, 2.24) is 0 Å². The van der Waals surface area contributed by atoms with Gasteiger partial charge in [-0.3, -0.25) is 0 Å². The van der Waals surface area contributed by atoms with Crippen LogP contribution in [0.25, 0.3) is 0 Å². The van der Waals surface area contributed by atoms with Crippen LogP contribution in [0.1, 0.15) is 6.92 Å². The molecule has 1 aromatic rings. The number of hydrogen-bond acceptors (Lipinski definition) is 2. The van der Waals surface area contributed by atoms with Crippen LogP contribution in [0.15, 0.2) is 24.3 Å². The SMILES string of the molecule is C[C@H]1CNc2ccccc2N(C)C1. The first-order valence-corrected chi connectivity index (χ1v) is 4.81. The lowest BCUT2D eigenvalue weighted by atomic mass is 10.2. The van der Waals surface area contributed by atoms with E-state index in [-0.39, 0.29) is 0 Å². The van der Waals surface area contributed by atoms with Gasteiger partial charge in [0.05, 0.1) is 11.4 Å². The normalized spacial score (nSPS) is 21.7. The molecule has 70 valence electrons. The van der Waals surface area contributed by atoms with Gasteiger partial charge in [-0.25, -0.2) is 0 Å². The van der Waals surface area contributed by atoms with Crippen molar-refractivity contribution < 1.29 is 0 Å². The molecule has 0 saturated heterocycles. The van der Waals surface area contributed by atoms with Gasteiger partial charge in [-0.05, 0) is 18.1 Å². The van der Waals surface area contributed by atoms with Crippen LogP contribution in [0, 0.1) is 5.92 Å². The molecule has 0 spiro atoms. The molecular weight excluding hydrogens is 160 g/mol. The summed E-state index contributed by atoms with van der Waals surface area (Å²) in [7, 11) is 2.16. The lowest BCUT2D eigenvalue weighted by Gasteiger charge is -2.20. The fraction of sp³-hybridized carbons (Fsp3) is 0.455. The van der Waals surface area contributed by atoms with E-state index in [4.69, 9.17) is 0 Å². The summed E-state index contributed by atoms with van der Waals surface area (Å²) in [6.45, 7) is 4.47. The molecule has 0 aromatic heterocycles. The predicted octanol–water partition coefficient (Wildman–Crippen LogP) is 2.18. The fourth-order valence-corrected chi connectivity index (χ4v) is 1.87. The maximum atomic E-state index is 3.46. The minimum atomic E-state index is 0.706. The van der Waals surface area contributed by atoms with Crippen molar-refractivity contribution >= 4 is 11.4 Å². The second-order valence-corrected chi connectivity index (χ2v) is 3.88. The number of rotatable bonds is 0. The van der Waals surface area contributed by atoms with Gasteiger partial charge in [-0.2, -0.15) is 0 Å². The molecule has 1 aromatic carbocycles. The van der Waals surface area contributed by atoms with E-state index in [0.717, 1.165) is 13.1 Å². The van der Waals surface area contributed by atoms with Crippen LogP contribution in [0.4, 0.5) is 11.4 Å². The van der Waals surface area contributed by atoms with Crippen molar-refractivity contribution in [3.63, 3.8) is 0 Å². The Balaban J connectivity index is 2.35. The number of nitrogens with zero attached hydrogens (tertiary/aromatic N) is 1. The summed E-state index contributed by atoms with van der Waals surface area (Å²) >= 11 is 0. The Bertz CT molecular complexity index is 296. The summed E-state index contributed by atoms with van der Waals surface area (Å²) in [6, 6.07) is 8.48. The maximum absolute atomic E-state index is 3.46. The molecule has 13 heavy (non-hydrogen) atoms. The van der Waals surface area contributed by atoms with Crippen LogP contribution < -0.4 is 10.2 Å². The number of anilines is 2. The Kier molecular flexibility index (Phi) is 2.13. The van der Waals surface area contributed by atoms with Crippen molar-refractivity contribution in [3.8, 4) is 0 Å². The number of nitrogens with one attached hydrogen (secondary N) is 1. The summed E-state index contributed by atoms with van der Waals surface area (Å²) < 4.78 is 0. The van der Waals surface area contributed by atoms with E-state index in [0.29, 0.717) is 5.92 Å². The summed E-state index contributed by atoms with van der Waals surface area (Å²) in [6.07, 6.45) is 0. The van der Waals surface area contributed by atoms with Gasteiger partial charge in [0.1, 0.15) is 0 Å². The van der Waals surface area contributed by atoms with Crippen molar-refractivity contribution in [1.29, 1.82) is 0 Å². The quantitative estimate of drug-likeness (QED) is 0.652. The Morgan fingerprint density at radius 1 is 1.38 bits per heavy atom. The molecule has 1 aliphatic heterocycles. The van der Waals surface area contributed by atoms with Gasteiger partial charge in [0.2, 0.25) is 0 Å². The van der Waals surface area contributed by atoms with Crippen molar-refractivity contribution in [2.24, 2.45) is 5.92 Å². The molecule has 0 unspecified atom stereocenters. The highest BCUT2D eigenvalue weighted by molar-refractivity contribution is 5.70. The molecule has 0 aliphatic carbocycles. The monoisotopic (exact) mass is 176 g/mol. The van der Waals surface area contributed by atoms with Crippen LogP contribution in [0.5, 0.6) is 0 Å². The Morgan fingerprint density at radius 2 is 2.15 bits per heavy atom. The van der Waals surface area contributed by atoms with E-state index in [1.807, 2.05) is 0 Å². The van der Waals surface area contributed by atoms with Crippen molar-refractivity contribution in [2.45, 2.75) is 6.92 Å². The average Bonchev–Trinajstić information content (AvgIpc) is 2.27. The second-order valence-electron chi connectivity index (χ2n) is 3.88. The lowest BCUT2D eigenvalue weighted by Crippen LogP contribution is -2.23. The third kappa shape index (κ3) is 1.62. The van der Waals surface area contributed by atoms with E-state index in [1.54, 1.807) is 0 Å². The van der Waals surface area contributed by atoms with Crippen molar-refractivity contribution in [3.05, 3.63) is 24.3 Å². The third-order valence-electron chi connectivity index (χ3n) is 2.54. The summed E-state index contributed by atoms with van der Waals surface area (Å²) in [5.74, 6) is 0.706. The molecule has 1 aliphatic rings. The van der Waals surface area contributed by atoms with E-state index < -0.39 is 0 Å². The topological polar surface area (TPSA) is 15.3 Å². The number of hydrogen-bond donors (Lipinski definition) is 1. The van der Waals surface area contributed by atoms with Gasteiger partial charge in [-0.15, -0.1) is 0 Å². The van der Waals surface area contributed by atoms with Crippen LogP contribution >= 0.6 is 0 Å². The first kappa shape index (κ1) is 8.42. The summed E-state index contributed by atoms with van der Waals surface area (Å²) in [5, 5.41) is 3.46. The van der Waals surface area contributed by atoms with E-state index in [1.165, 1.54) is 11.4 Å². The molecule has 0 radical (unpaired) electrons. The van der Waals surface area contributed by atoms with Gasteiger partial charge in [-0.1, -0.05) is 19.1 Å². The smallest absolute Gasteiger partial charge is 0.0599 e. The zero-order valence-corrected chi connectivity index (χ0v) is 8.25. The summed E-state index contributed by atoms with van der Waals surface area (Å²) in [4.78, 5) is 2.32. The first-order chi connectivity index (χ1) is 6.27.